The molecule has 12 heteroatoms. The zero-order chi connectivity index (χ0) is 33.9. The van der Waals surface area contributed by atoms with Crippen molar-refractivity contribution in [2.45, 2.75) is 19.6 Å². The number of ether oxygens (including phenoxy) is 3. The monoisotopic (exact) mass is 689 g/mol. The molecule has 3 aromatic heterocycles. The quantitative estimate of drug-likeness (QED) is 0.144. The predicted molar refractivity (Wildman–Crippen MR) is 190 cm³/mol. The van der Waals surface area contributed by atoms with Crippen molar-refractivity contribution in [3.05, 3.63) is 130 Å². The molecule has 7 rings (SSSR count). The molecule has 0 saturated heterocycles. The van der Waals surface area contributed by atoms with Crippen LogP contribution in [0, 0.1) is 11.3 Å². The molecular formula is C37H29Cl2N7O3. The highest BCUT2D eigenvalue weighted by molar-refractivity contribution is 6.33. The van der Waals surface area contributed by atoms with E-state index in [2.05, 4.69) is 11.4 Å². The Balaban J connectivity index is 1.22. The second-order valence-electron chi connectivity index (χ2n) is 11.2. The lowest BCUT2D eigenvalue weighted by atomic mass is 10.2. The van der Waals surface area contributed by atoms with E-state index in [1.165, 1.54) is 0 Å². The lowest BCUT2D eigenvalue weighted by molar-refractivity contribution is 0.414. The molecule has 0 amide bonds. The molecule has 0 saturated carbocycles. The van der Waals surface area contributed by atoms with Gasteiger partial charge in [-0.1, -0.05) is 47.5 Å². The van der Waals surface area contributed by atoms with Gasteiger partial charge in [-0.15, -0.1) is 0 Å². The van der Waals surface area contributed by atoms with Crippen LogP contribution in [0.25, 0.3) is 21.9 Å². The van der Waals surface area contributed by atoms with Crippen LogP contribution in [-0.2, 0) is 19.6 Å². The minimum Gasteiger partial charge on any atom is -0.497 e. The smallest absolute Gasteiger partial charge is 0.160 e. The standard InChI is InChI=1S/C37H29Cl2N7O3/c1-47-27-7-3-23(4-8-27)19-41-35-14-11-30-33(44-46(37(30)43-35)21-24-5-9-28(48-2)10-6-24)22-45-34-13-12-32(39)36(31(34)20-42-45)49-29-16-25(18-40)15-26(38)17-29/h3-17,20H,19,21-22H2,1-2H3,(H,41,43). The summed E-state index contributed by atoms with van der Waals surface area (Å²) in [6.45, 7) is 1.47. The minimum absolute atomic E-state index is 0.368. The van der Waals surface area contributed by atoms with Gasteiger partial charge in [0.1, 0.15) is 23.1 Å². The van der Waals surface area contributed by atoms with Crippen molar-refractivity contribution < 1.29 is 14.2 Å². The van der Waals surface area contributed by atoms with E-state index in [4.69, 9.17) is 52.6 Å². The topological polar surface area (TPSA) is 112 Å². The first-order valence-corrected chi connectivity index (χ1v) is 16.0. The molecule has 4 aromatic carbocycles. The molecule has 0 aliphatic heterocycles. The van der Waals surface area contributed by atoms with Crippen LogP contribution >= 0.6 is 23.2 Å². The molecule has 0 bridgehead atoms. The minimum atomic E-state index is 0.368. The number of rotatable bonds is 11. The van der Waals surface area contributed by atoms with Gasteiger partial charge < -0.3 is 19.5 Å². The van der Waals surface area contributed by atoms with Gasteiger partial charge in [0.25, 0.3) is 0 Å². The third kappa shape index (κ3) is 6.81. The maximum atomic E-state index is 9.38. The number of hydrogen-bond donors (Lipinski definition) is 1. The summed E-state index contributed by atoms with van der Waals surface area (Å²) in [4.78, 5) is 5.00. The third-order valence-corrected chi connectivity index (χ3v) is 8.56. The van der Waals surface area contributed by atoms with Crippen LogP contribution < -0.4 is 19.5 Å². The van der Waals surface area contributed by atoms with Gasteiger partial charge >= 0.3 is 0 Å². The van der Waals surface area contributed by atoms with E-state index in [-0.39, 0.29) is 0 Å². The number of anilines is 1. The first-order chi connectivity index (χ1) is 23.9. The summed E-state index contributed by atoms with van der Waals surface area (Å²) in [5.41, 5.74) is 4.87. The summed E-state index contributed by atoms with van der Waals surface area (Å²) >= 11 is 12.8. The average Bonchev–Trinajstić information content (AvgIpc) is 3.69. The molecule has 10 nitrogen and oxygen atoms in total. The van der Waals surface area contributed by atoms with Gasteiger partial charge in [0.15, 0.2) is 11.4 Å². The lowest BCUT2D eigenvalue weighted by Crippen LogP contribution is -2.06. The van der Waals surface area contributed by atoms with Crippen molar-refractivity contribution in [3.8, 4) is 29.1 Å². The molecule has 0 atom stereocenters. The molecule has 244 valence electrons. The molecule has 0 radical (unpaired) electrons. The van der Waals surface area contributed by atoms with Crippen molar-refractivity contribution in [3.63, 3.8) is 0 Å². The molecule has 1 N–H and O–H groups in total. The highest BCUT2D eigenvalue weighted by atomic mass is 35.5. The summed E-state index contributed by atoms with van der Waals surface area (Å²) in [5.74, 6) is 3.14. The molecule has 0 aliphatic carbocycles. The normalized spacial score (nSPS) is 11.1. The maximum absolute atomic E-state index is 9.38. The number of halogens is 2. The molecule has 0 aliphatic rings. The molecule has 7 aromatic rings. The number of nitrogens with zero attached hydrogens (tertiary/aromatic N) is 6. The molecule has 0 spiro atoms. The fourth-order valence-electron chi connectivity index (χ4n) is 5.56. The van der Waals surface area contributed by atoms with E-state index in [0.29, 0.717) is 52.1 Å². The zero-order valence-corrected chi connectivity index (χ0v) is 28.0. The summed E-state index contributed by atoms with van der Waals surface area (Å²) in [7, 11) is 3.30. The van der Waals surface area contributed by atoms with E-state index >= 15 is 0 Å². The summed E-state index contributed by atoms with van der Waals surface area (Å²) < 4.78 is 20.6. The molecule has 0 unspecified atom stereocenters. The maximum Gasteiger partial charge on any atom is 0.160 e. The highest BCUT2D eigenvalue weighted by Gasteiger charge is 2.18. The zero-order valence-electron chi connectivity index (χ0n) is 26.5. The fourth-order valence-corrected chi connectivity index (χ4v) is 5.99. The Morgan fingerprint density at radius 2 is 1.51 bits per heavy atom. The molecular weight excluding hydrogens is 661 g/mol. The van der Waals surface area contributed by atoms with E-state index in [1.807, 2.05) is 76.1 Å². The number of nitriles is 1. The van der Waals surface area contributed by atoms with Crippen LogP contribution in [-0.4, -0.2) is 38.8 Å². The first-order valence-electron chi connectivity index (χ1n) is 15.3. The van der Waals surface area contributed by atoms with Gasteiger partial charge in [-0.05, 0) is 77.9 Å². The van der Waals surface area contributed by atoms with Gasteiger partial charge in [0.05, 0.1) is 66.8 Å². The third-order valence-electron chi connectivity index (χ3n) is 8.05. The van der Waals surface area contributed by atoms with Crippen LogP contribution in [0.5, 0.6) is 23.0 Å². The number of methoxy groups -OCH3 is 2. The summed E-state index contributed by atoms with van der Waals surface area (Å²) in [5, 5.41) is 24.9. The van der Waals surface area contributed by atoms with Crippen LogP contribution in [0.15, 0.2) is 97.2 Å². The molecule has 0 fully saturated rings. The van der Waals surface area contributed by atoms with Crippen LogP contribution in [0.4, 0.5) is 5.82 Å². The van der Waals surface area contributed by atoms with E-state index < -0.39 is 0 Å². The predicted octanol–water partition coefficient (Wildman–Crippen LogP) is 8.48. The number of benzene rings is 4. The number of fused-ring (bicyclic) bond motifs is 2. The number of nitrogens with one attached hydrogen (secondary N) is 1. The second-order valence-corrected chi connectivity index (χ2v) is 12.1. The Morgan fingerprint density at radius 3 is 2.22 bits per heavy atom. The van der Waals surface area contributed by atoms with Crippen molar-refractivity contribution in [2.75, 3.05) is 19.5 Å². The van der Waals surface area contributed by atoms with Gasteiger partial charge in [-0.3, -0.25) is 4.68 Å². The fraction of sp³-hybridized carbons (Fsp3) is 0.135. The van der Waals surface area contributed by atoms with Gasteiger partial charge in [0, 0.05) is 17.0 Å². The Hall–Kier alpha value is -5.76. The Morgan fingerprint density at radius 1 is 0.776 bits per heavy atom. The largest absolute Gasteiger partial charge is 0.497 e. The van der Waals surface area contributed by atoms with E-state index in [1.54, 1.807) is 44.7 Å². The van der Waals surface area contributed by atoms with Crippen LogP contribution in [0.2, 0.25) is 10.0 Å². The number of pyridine rings is 1. The van der Waals surface area contributed by atoms with Crippen LogP contribution in [0.3, 0.4) is 0 Å². The van der Waals surface area contributed by atoms with Crippen molar-refractivity contribution >= 4 is 51.0 Å². The second kappa shape index (κ2) is 13.8. The Bertz CT molecular complexity index is 2330. The van der Waals surface area contributed by atoms with Gasteiger partial charge in [0.2, 0.25) is 0 Å². The van der Waals surface area contributed by atoms with E-state index in [0.717, 1.165) is 50.7 Å². The molecule has 49 heavy (non-hydrogen) atoms. The SMILES string of the molecule is COc1ccc(CNc2ccc3c(Cn4ncc5c(Oc6cc(Cl)cc(C#N)c6)c(Cl)ccc54)nn(Cc4ccc(OC)cc4)c3n2)cc1. The van der Waals surface area contributed by atoms with Crippen molar-refractivity contribution in [1.82, 2.24) is 24.5 Å². The summed E-state index contributed by atoms with van der Waals surface area (Å²) in [6.07, 6.45) is 1.71. The Kier molecular flexibility index (Phi) is 8.94. The number of hydrogen-bond acceptors (Lipinski definition) is 8. The van der Waals surface area contributed by atoms with Gasteiger partial charge in [-0.2, -0.15) is 15.5 Å². The van der Waals surface area contributed by atoms with Crippen LogP contribution in [0.1, 0.15) is 22.4 Å². The van der Waals surface area contributed by atoms with Crippen molar-refractivity contribution in [2.24, 2.45) is 0 Å². The van der Waals surface area contributed by atoms with E-state index in [9.17, 15) is 5.26 Å². The molecule has 3 heterocycles. The Labute approximate surface area is 292 Å². The van der Waals surface area contributed by atoms with Crippen molar-refractivity contribution in [1.29, 1.82) is 5.26 Å². The highest BCUT2D eigenvalue weighted by Crippen LogP contribution is 2.38. The first kappa shape index (κ1) is 31.8. The van der Waals surface area contributed by atoms with Gasteiger partial charge in [-0.25, -0.2) is 9.67 Å². The summed E-state index contributed by atoms with van der Waals surface area (Å²) in [6, 6.07) is 30.4. The number of aromatic nitrogens is 5. The lowest BCUT2D eigenvalue weighted by Gasteiger charge is -2.10. The average molecular weight is 691 g/mol.